The third-order valence-corrected chi connectivity index (χ3v) is 4.51. The smallest absolute Gasteiger partial charge is 0.325 e. The first-order valence-corrected chi connectivity index (χ1v) is 7.63. The number of hydrogen-bond donors (Lipinski definition) is 1. The number of urea groups is 1. The van der Waals surface area contributed by atoms with Crippen molar-refractivity contribution in [3.8, 4) is 11.5 Å². The van der Waals surface area contributed by atoms with Crippen LogP contribution in [0.5, 0.6) is 11.5 Å². The van der Waals surface area contributed by atoms with Gasteiger partial charge in [-0.25, -0.2) is 4.79 Å². The fourth-order valence-electron chi connectivity index (χ4n) is 3.44. The maximum Gasteiger partial charge on any atom is 0.325 e. The van der Waals surface area contributed by atoms with Crippen molar-refractivity contribution in [3.05, 3.63) is 54.1 Å². The number of anilines is 1. The first-order valence-electron chi connectivity index (χ1n) is 7.63. The predicted molar refractivity (Wildman–Crippen MR) is 86.8 cm³/mol. The van der Waals surface area contributed by atoms with Gasteiger partial charge in [0.25, 0.3) is 0 Å². The van der Waals surface area contributed by atoms with Crippen LogP contribution in [-0.2, 0) is 0 Å². The summed E-state index contributed by atoms with van der Waals surface area (Å²) in [4.78, 5) is 14.4. The number of amides is 2. The quantitative estimate of drug-likeness (QED) is 0.924. The van der Waals surface area contributed by atoms with Gasteiger partial charge in [-0.2, -0.15) is 0 Å². The molecule has 2 heterocycles. The summed E-state index contributed by atoms with van der Waals surface area (Å²) in [6.45, 7) is 1.96. The molecule has 1 saturated heterocycles. The van der Waals surface area contributed by atoms with Crippen LogP contribution in [0.15, 0.2) is 48.5 Å². The van der Waals surface area contributed by atoms with Crippen LogP contribution in [0, 0.1) is 0 Å². The maximum atomic E-state index is 12.7. The number of fused-ring (bicyclic) bond motifs is 4. The van der Waals surface area contributed by atoms with Crippen LogP contribution in [0.4, 0.5) is 10.5 Å². The molecule has 2 aromatic rings. The van der Waals surface area contributed by atoms with Gasteiger partial charge in [0.05, 0.1) is 13.2 Å². The van der Waals surface area contributed by atoms with Gasteiger partial charge >= 0.3 is 6.03 Å². The largest absolute Gasteiger partial charge is 0.497 e. The Kier molecular flexibility index (Phi) is 2.98. The lowest BCUT2D eigenvalue weighted by Gasteiger charge is -2.50. The highest BCUT2D eigenvalue weighted by atomic mass is 16.5. The van der Waals surface area contributed by atoms with Crippen LogP contribution in [0.1, 0.15) is 24.9 Å². The van der Waals surface area contributed by atoms with Crippen LogP contribution in [0.3, 0.4) is 0 Å². The summed E-state index contributed by atoms with van der Waals surface area (Å²) in [6.07, 6.45) is 0.696. The van der Waals surface area contributed by atoms with E-state index < -0.39 is 5.72 Å². The summed E-state index contributed by atoms with van der Waals surface area (Å²) in [5.41, 5.74) is 1.10. The fourth-order valence-corrected chi connectivity index (χ4v) is 3.44. The van der Waals surface area contributed by atoms with E-state index in [4.69, 9.17) is 9.47 Å². The van der Waals surface area contributed by atoms with Gasteiger partial charge in [-0.3, -0.25) is 4.90 Å². The van der Waals surface area contributed by atoms with E-state index in [-0.39, 0.29) is 12.1 Å². The summed E-state index contributed by atoms with van der Waals surface area (Å²) in [5, 5.41) is 3.08. The molecular weight excluding hydrogens is 292 g/mol. The zero-order valence-corrected chi connectivity index (χ0v) is 13.1. The summed E-state index contributed by atoms with van der Waals surface area (Å²) in [7, 11) is 1.62. The SMILES string of the molecule is COc1ccc(N2C(=O)N[C@H]3C[C@@]2(C)Oc2ccccc23)cc1. The first-order chi connectivity index (χ1) is 11.1. The van der Waals surface area contributed by atoms with Crippen molar-refractivity contribution in [2.45, 2.75) is 25.1 Å². The molecule has 23 heavy (non-hydrogen) atoms. The van der Waals surface area contributed by atoms with Crippen molar-refractivity contribution in [2.75, 3.05) is 12.0 Å². The molecule has 0 aromatic heterocycles. The number of methoxy groups -OCH3 is 1. The summed E-state index contributed by atoms with van der Waals surface area (Å²) in [5.74, 6) is 1.58. The van der Waals surface area contributed by atoms with Gasteiger partial charge in [0.1, 0.15) is 11.5 Å². The first kappa shape index (κ1) is 13.9. The number of hydrogen-bond acceptors (Lipinski definition) is 3. The molecule has 4 rings (SSSR count). The Hall–Kier alpha value is -2.69. The minimum Gasteiger partial charge on any atom is -0.497 e. The number of para-hydroxylation sites is 1. The van der Waals surface area contributed by atoms with E-state index in [2.05, 4.69) is 5.32 Å². The van der Waals surface area contributed by atoms with E-state index in [1.165, 1.54) is 0 Å². The normalized spacial score (nSPS) is 25.2. The molecule has 2 atom stereocenters. The van der Waals surface area contributed by atoms with Gasteiger partial charge < -0.3 is 14.8 Å². The standard InChI is InChI=1S/C18H18N2O3/c1-18-11-15(14-5-3-4-6-16(14)23-18)19-17(21)20(18)12-7-9-13(22-2)10-8-12/h3-10,15H,11H2,1-2H3,(H,19,21)/t15-,18+/m0/s1. The molecule has 5 nitrogen and oxygen atoms in total. The lowest BCUT2D eigenvalue weighted by molar-refractivity contribution is 0.0379. The number of carbonyl (C=O) groups is 1. The monoisotopic (exact) mass is 310 g/mol. The molecule has 2 aliphatic heterocycles. The third-order valence-electron chi connectivity index (χ3n) is 4.51. The van der Waals surface area contributed by atoms with E-state index in [1.54, 1.807) is 12.0 Å². The van der Waals surface area contributed by atoms with Gasteiger partial charge in [0.2, 0.25) is 0 Å². The van der Waals surface area contributed by atoms with Gasteiger partial charge in [0, 0.05) is 17.7 Å². The molecule has 2 aliphatic rings. The Bertz CT molecular complexity index is 759. The zero-order chi connectivity index (χ0) is 16.0. The molecule has 2 amide bonds. The van der Waals surface area contributed by atoms with E-state index in [9.17, 15) is 4.79 Å². The minimum absolute atomic E-state index is 0.0213. The number of rotatable bonds is 2. The molecule has 1 N–H and O–H groups in total. The molecule has 0 aliphatic carbocycles. The second-order valence-corrected chi connectivity index (χ2v) is 6.05. The van der Waals surface area contributed by atoms with Crippen LogP contribution >= 0.6 is 0 Å². The van der Waals surface area contributed by atoms with Crippen molar-refractivity contribution in [1.29, 1.82) is 0 Å². The van der Waals surface area contributed by atoms with Gasteiger partial charge in [-0.05, 0) is 37.3 Å². The Balaban J connectivity index is 1.76. The molecule has 5 heteroatoms. The van der Waals surface area contributed by atoms with E-state index in [0.29, 0.717) is 6.42 Å². The number of nitrogens with zero attached hydrogens (tertiary/aromatic N) is 1. The second kappa shape index (κ2) is 4.91. The van der Waals surface area contributed by atoms with Crippen molar-refractivity contribution < 1.29 is 14.3 Å². The minimum atomic E-state index is -0.712. The highest BCUT2D eigenvalue weighted by Gasteiger charge is 2.49. The van der Waals surface area contributed by atoms with Gasteiger partial charge in [0.15, 0.2) is 5.72 Å². The molecule has 1 fully saturated rings. The summed E-state index contributed by atoms with van der Waals surface area (Å²) in [6, 6.07) is 15.1. The lowest BCUT2D eigenvalue weighted by atomic mass is 9.90. The number of carbonyl (C=O) groups excluding carboxylic acids is 1. The average Bonchev–Trinajstić information content (AvgIpc) is 2.54. The van der Waals surface area contributed by atoms with Crippen molar-refractivity contribution in [2.24, 2.45) is 0 Å². The summed E-state index contributed by atoms with van der Waals surface area (Å²) >= 11 is 0. The van der Waals surface area contributed by atoms with Crippen molar-refractivity contribution in [3.63, 3.8) is 0 Å². The average molecular weight is 310 g/mol. The topological polar surface area (TPSA) is 50.8 Å². The van der Waals surface area contributed by atoms with E-state index in [0.717, 1.165) is 22.7 Å². The van der Waals surface area contributed by atoms with Crippen LogP contribution < -0.4 is 19.7 Å². The predicted octanol–water partition coefficient (Wildman–Crippen LogP) is 3.46. The van der Waals surface area contributed by atoms with Crippen LogP contribution in [0.25, 0.3) is 0 Å². The number of benzene rings is 2. The van der Waals surface area contributed by atoms with Gasteiger partial charge in [-0.1, -0.05) is 18.2 Å². The second-order valence-electron chi connectivity index (χ2n) is 6.05. The molecule has 0 unspecified atom stereocenters. The van der Waals surface area contributed by atoms with E-state index >= 15 is 0 Å². The zero-order valence-electron chi connectivity index (χ0n) is 13.1. The molecule has 2 bridgehead atoms. The highest BCUT2D eigenvalue weighted by molar-refractivity contribution is 5.95. The Morgan fingerprint density at radius 2 is 1.96 bits per heavy atom. The molecular formula is C18H18N2O3. The lowest BCUT2D eigenvalue weighted by Crippen LogP contribution is -2.65. The molecule has 0 spiro atoms. The molecule has 2 aromatic carbocycles. The fraction of sp³-hybridized carbons (Fsp3) is 0.278. The number of ether oxygens (including phenoxy) is 2. The Morgan fingerprint density at radius 1 is 1.22 bits per heavy atom. The summed E-state index contributed by atoms with van der Waals surface area (Å²) < 4.78 is 11.4. The maximum absolute atomic E-state index is 12.7. The third kappa shape index (κ3) is 2.11. The Labute approximate surface area is 134 Å². The van der Waals surface area contributed by atoms with E-state index in [1.807, 2.05) is 55.5 Å². The highest BCUT2D eigenvalue weighted by Crippen LogP contribution is 2.45. The number of nitrogens with one attached hydrogen (secondary N) is 1. The molecule has 0 saturated carbocycles. The Morgan fingerprint density at radius 3 is 2.70 bits per heavy atom. The molecule has 118 valence electrons. The van der Waals surface area contributed by atoms with Crippen LogP contribution in [0.2, 0.25) is 0 Å². The molecule has 0 radical (unpaired) electrons. The van der Waals surface area contributed by atoms with Crippen LogP contribution in [-0.4, -0.2) is 18.9 Å². The van der Waals surface area contributed by atoms with Crippen molar-refractivity contribution in [1.82, 2.24) is 5.32 Å². The van der Waals surface area contributed by atoms with Gasteiger partial charge in [-0.15, -0.1) is 0 Å². The van der Waals surface area contributed by atoms with Crippen molar-refractivity contribution >= 4 is 11.7 Å².